The molecule has 3 nitrogen and oxygen atoms in total. The summed E-state index contributed by atoms with van der Waals surface area (Å²) in [5, 5.41) is 3.68. The number of hydrogen-bond acceptors (Lipinski definition) is 2. The van der Waals surface area contributed by atoms with Gasteiger partial charge in [-0.2, -0.15) is 0 Å². The van der Waals surface area contributed by atoms with Crippen LogP contribution in [0.2, 0.25) is 5.02 Å². The molecule has 0 radical (unpaired) electrons. The molecule has 0 saturated heterocycles. The molecule has 0 aliphatic heterocycles. The van der Waals surface area contributed by atoms with Gasteiger partial charge >= 0.3 is 0 Å². The van der Waals surface area contributed by atoms with Gasteiger partial charge in [-0.3, -0.25) is 4.79 Å². The lowest BCUT2D eigenvalue weighted by Crippen LogP contribution is -2.46. The van der Waals surface area contributed by atoms with E-state index in [0.717, 1.165) is 11.4 Å². The van der Waals surface area contributed by atoms with E-state index in [2.05, 4.69) is 25.2 Å². The fourth-order valence-electron chi connectivity index (χ4n) is 2.01. The van der Waals surface area contributed by atoms with Crippen LogP contribution in [0, 0.1) is 11.3 Å². The average molecular weight is 297 g/mol. The van der Waals surface area contributed by atoms with Crippen molar-refractivity contribution in [3.8, 4) is 0 Å². The molecule has 20 heavy (non-hydrogen) atoms. The van der Waals surface area contributed by atoms with Crippen molar-refractivity contribution < 1.29 is 4.79 Å². The minimum atomic E-state index is -0.447. The molecule has 4 heteroatoms. The molecule has 3 N–H and O–H groups in total. The minimum absolute atomic E-state index is 0.0446. The number of carbonyl (C=O) groups is 1. The van der Waals surface area contributed by atoms with E-state index < -0.39 is 6.04 Å². The first-order valence-electron chi connectivity index (χ1n) is 6.99. The lowest BCUT2D eigenvalue weighted by Gasteiger charge is -2.26. The summed E-state index contributed by atoms with van der Waals surface area (Å²) in [6.45, 7) is 8.73. The van der Waals surface area contributed by atoms with Crippen molar-refractivity contribution in [2.75, 3.05) is 6.54 Å². The predicted molar refractivity (Wildman–Crippen MR) is 84.8 cm³/mol. The van der Waals surface area contributed by atoms with Crippen LogP contribution >= 0.6 is 11.6 Å². The Balaban J connectivity index is 2.55. The van der Waals surface area contributed by atoms with Gasteiger partial charge in [-0.15, -0.1) is 0 Å². The van der Waals surface area contributed by atoms with Crippen LogP contribution in [0.5, 0.6) is 0 Å². The largest absolute Gasteiger partial charge is 0.354 e. The monoisotopic (exact) mass is 296 g/mol. The summed E-state index contributed by atoms with van der Waals surface area (Å²) >= 11 is 5.99. The quantitative estimate of drug-likeness (QED) is 0.848. The van der Waals surface area contributed by atoms with E-state index in [0.29, 0.717) is 6.54 Å². The summed E-state index contributed by atoms with van der Waals surface area (Å²) in [6, 6.07) is 7.37. The lowest BCUT2D eigenvalue weighted by atomic mass is 9.85. The van der Waals surface area contributed by atoms with Crippen molar-refractivity contribution in [3.63, 3.8) is 0 Å². The highest BCUT2D eigenvalue weighted by atomic mass is 35.5. The molecule has 0 spiro atoms. The molecule has 0 bridgehead atoms. The number of halogens is 1. The van der Waals surface area contributed by atoms with Crippen LogP contribution in [0.4, 0.5) is 0 Å². The predicted octanol–water partition coefficient (Wildman–Crippen LogP) is 3.01. The molecule has 0 saturated carbocycles. The normalized spacial score (nSPS) is 13.3. The van der Waals surface area contributed by atoms with E-state index in [9.17, 15) is 4.79 Å². The summed E-state index contributed by atoms with van der Waals surface area (Å²) in [4.78, 5) is 11.9. The second-order valence-electron chi connectivity index (χ2n) is 6.46. The topological polar surface area (TPSA) is 55.1 Å². The highest BCUT2D eigenvalue weighted by molar-refractivity contribution is 6.30. The smallest absolute Gasteiger partial charge is 0.237 e. The molecule has 1 aromatic rings. The van der Waals surface area contributed by atoms with Gasteiger partial charge in [0.25, 0.3) is 0 Å². The van der Waals surface area contributed by atoms with Gasteiger partial charge < -0.3 is 11.1 Å². The third-order valence-electron chi connectivity index (χ3n) is 3.33. The Labute approximate surface area is 126 Å². The second-order valence-corrected chi connectivity index (χ2v) is 6.89. The van der Waals surface area contributed by atoms with Gasteiger partial charge in [0.1, 0.15) is 0 Å². The summed E-state index contributed by atoms with van der Waals surface area (Å²) in [6.07, 6.45) is 0.852. The molecular formula is C16H25ClN2O. The Hall–Kier alpha value is -1.06. The molecule has 0 aliphatic carbocycles. The average Bonchev–Trinajstić information content (AvgIpc) is 2.34. The standard InChI is InChI=1S/C16H25ClN2O/c1-11(2)14(18)15(20)19-10-16(3,4)9-12-6-5-7-13(17)8-12/h5-8,11,14H,9-10,18H2,1-4H3,(H,19,20)/t14-/m0/s1. The van der Waals surface area contributed by atoms with Crippen molar-refractivity contribution in [2.45, 2.75) is 40.2 Å². The minimum Gasteiger partial charge on any atom is -0.354 e. The van der Waals surface area contributed by atoms with Crippen molar-refractivity contribution >= 4 is 17.5 Å². The van der Waals surface area contributed by atoms with E-state index in [1.807, 2.05) is 32.0 Å². The number of amides is 1. The molecular weight excluding hydrogens is 272 g/mol. The molecule has 0 heterocycles. The van der Waals surface area contributed by atoms with E-state index in [1.54, 1.807) is 0 Å². The van der Waals surface area contributed by atoms with Gasteiger partial charge in [-0.05, 0) is 35.4 Å². The molecule has 0 fully saturated rings. The molecule has 1 amide bonds. The van der Waals surface area contributed by atoms with Crippen molar-refractivity contribution in [1.82, 2.24) is 5.32 Å². The first-order valence-corrected chi connectivity index (χ1v) is 7.37. The maximum Gasteiger partial charge on any atom is 0.237 e. The van der Waals surface area contributed by atoms with Gasteiger partial charge in [0.05, 0.1) is 6.04 Å². The fourth-order valence-corrected chi connectivity index (χ4v) is 2.22. The Morgan fingerprint density at radius 3 is 2.60 bits per heavy atom. The summed E-state index contributed by atoms with van der Waals surface area (Å²) in [7, 11) is 0. The van der Waals surface area contributed by atoms with Gasteiger partial charge in [0, 0.05) is 11.6 Å². The number of carbonyl (C=O) groups excluding carboxylic acids is 1. The molecule has 1 atom stereocenters. The molecule has 0 aliphatic rings. The van der Waals surface area contributed by atoms with Crippen LogP contribution in [0.25, 0.3) is 0 Å². The van der Waals surface area contributed by atoms with Gasteiger partial charge in [-0.25, -0.2) is 0 Å². The summed E-state index contributed by atoms with van der Waals surface area (Å²) < 4.78 is 0. The van der Waals surface area contributed by atoms with Crippen molar-refractivity contribution in [2.24, 2.45) is 17.1 Å². The molecule has 1 rings (SSSR count). The molecule has 0 aromatic heterocycles. The maximum absolute atomic E-state index is 11.9. The molecule has 0 unspecified atom stereocenters. The first-order chi connectivity index (χ1) is 9.21. The first kappa shape index (κ1) is 17.0. The number of nitrogens with two attached hydrogens (primary N) is 1. The highest BCUT2D eigenvalue weighted by Crippen LogP contribution is 2.22. The van der Waals surface area contributed by atoms with E-state index in [1.165, 1.54) is 5.56 Å². The van der Waals surface area contributed by atoms with E-state index in [4.69, 9.17) is 17.3 Å². The Kier molecular flexibility index (Phi) is 6.03. The molecule has 112 valence electrons. The zero-order valence-electron chi connectivity index (χ0n) is 12.7. The van der Waals surface area contributed by atoms with Gasteiger partial charge in [-0.1, -0.05) is 51.4 Å². The van der Waals surface area contributed by atoms with Crippen LogP contribution in [0.1, 0.15) is 33.3 Å². The van der Waals surface area contributed by atoms with Crippen LogP contribution in [0.15, 0.2) is 24.3 Å². The molecule has 1 aromatic carbocycles. The highest BCUT2D eigenvalue weighted by Gasteiger charge is 2.22. The van der Waals surface area contributed by atoms with Gasteiger partial charge in [0.2, 0.25) is 5.91 Å². The zero-order chi connectivity index (χ0) is 15.3. The second kappa shape index (κ2) is 7.09. The summed E-state index contributed by atoms with van der Waals surface area (Å²) in [5.41, 5.74) is 6.96. The number of rotatable bonds is 6. The third-order valence-corrected chi connectivity index (χ3v) is 3.57. The Bertz CT molecular complexity index is 458. The fraction of sp³-hybridized carbons (Fsp3) is 0.562. The van der Waals surface area contributed by atoms with E-state index in [-0.39, 0.29) is 17.2 Å². The van der Waals surface area contributed by atoms with Crippen LogP contribution in [0.3, 0.4) is 0 Å². The summed E-state index contributed by atoms with van der Waals surface area (Å²) in [5.74, 6) is 0.0604. The Morgan fingerprint density at radius 2 is 2.05 bits per heavy atom. The van der Waals surface area contributed by atoms with Crippen molar-refractivity contribution in [1.29, 1.82) is 0 Å². The number of nitrogens with one attached hydrogen (secondary N) is 1. The zero-order valence-corrected chi connectivity index (χ0v) is 13.5. The van der Waals surface area contributed by atoms with Crippen LogP contribution in [-0.4, -0.2) is 18.5 Å². The van der Waals surface area contributed by atoms with E-state index >= 15 is 0 Å². The van der Waals surface area contributed by atoms with Crippen molar-refractivity contribution in [3.05, 3.63) is 34.9 Å². The van der Waals surface area contributed by atoms with Gasteiger partial charge in [0.15, 0.2) is 0 Å². The van der Waals surface area contributed by atoms with Crippen LogP contribution in [-0.2, 0) is 11.2 Å². The number of hydrogen-bond donors (Lipinski definition) is 2. The van der Waals surface area contributed by atoms with Crippen LogP contribution < -0.4 is 11.1 Å². The third kappa shape index (κ3) is 5.51. The Morgan fingerprint density at radius 1 is 1.40 bits per heavy atom. The maximum atomic E-state index is 11.9. The number of benzene rings is 1. The SMILES string of the molecule is CC(C)[C@H](N)C(=O)NCC(C)(C)Cc1cccc(Cl)c1. The lowest BCUT2D eigenvalue weighted by molar-refractivity contribution is -0.123.